The van der Waals surface area contributed by atoms with E-state index in [1.54, 1.807) is 4.90 Å². The summed E-state index contributed by atoms with van der Waals surface area (Å²) in [6, 6.07) is 17.5. The van der Waals surface area contributed by atoms with Gasteiger partial charge >= 0.3 is 0 Å². The summed E-state index contributed by atoms with van der Waals surface area (Å²) in [7, 11) is -1.35. The normalized spacial score (nSPS) is 14.5. The summed E-state index contributed by atoms with van der Waals surface area (Å²) >= 11 is 0. The number of aryl methyl sites for hydroxylation is 2. The standard InChI is InChI=1S/C22H22N2O3S/c1-16-19(23-22(27-16)18-9-3-2-4-10-18)14-28(26)15-21(25)24-13-7-11-17-8-5-6-12-20(17)24/h2-6,8-10,12H,7,11,13-15H2,1H3. The molecule has 1 aromatic heterocycles. The smallest absolute Gasteiger partial charge is 0.239 e. The van der Waals surface area contributed by atoms with Crippen LogP contribution in [0.25, 0.3) is 11.5 Å². The van der Waals surface area contributed by atoms with Gasteiger partial charge in [0.05, 0.1) is 11.4 Å². The van der Waals surface area contributed by atoms with E-state index in [1.165, 1.54) is 5.56 Å². The van der Waals surface area contributed by atoms with Crippen molar-refractivity contribution in [3.63, 3.8) is 0 Å². The monoisotopic (exact) mass is 394 g/mol. The van der Waals surface area contributed by atoms with Crippen molar-refractivity contribution in [3.05, 3.63) is 71.6 Å². The van der Waals surface area contributed by atoms with Gasteiger partial charge in [-0.1, -0.05) is 36.4 Å². The topological polar surface area (TPSA) is 63.4 Å². The SMILES string of the molecule is Cc1oc(-c2ccccc2)nc1CS(=O)CC(=O)N1CCCc2ccccc21. The fraction of sp³-hybridized carbons (Fsp3) is 0.273. The van der Waals surface area contributed by atoms with Crippen molar-refractivity contribution in [2.45, 2.75) is 25.5 Å². The number of carbonyl (C=O) groups is 1. The number of rotatable bonds is 5. The van der Waals surface area contributed by atoms with Crippen LogP contribution >= 0.6 is 0 Å². The molecule has 0 spiro atoms. The van der Waals surface area contributed by atoms with Gasteiger partial charge in [-0.2, -0.15) is 0 Å². The molecular weight excluding hydrogens is 372 g/mol. The van der Waals surface area contributed by atoms with E-state index in [2.05, 4.69) is 11.1 Å². The fourth-order valence-electron chi connectivity index (χ4n) is 3.48. The van der Waals surface area contributed by atoms with E-state index in [0.29, 0.717) is 23.9 Å². The van der Waals surface area contributed by atoms with Gasteiger partial charge in [-0.05, 0) is 43.5 Å². The first-order chi connectivity index (χ1) is 13.6. The van der Waals surface area contributed by atoms with Crippen LogP contribution in [0, 0.1) is 6.92 Å². The number of hydrogen-bond donors (Lipinski definition) is 0. The minimum absolute atomic E-state index is 0.0126. The van der Waals surface area contributed by atoms with E-state index in [9.17, 15) is 9.00 Å². The summed E-state index contributed by atoms with van der Waals surface area (Å²) in [5.74, 6) is 1.25. The highest BCUT2D eigenvalue weighted by atomic mass is 32.2. The summed E-state index contributed by atoms with van der Waals surface area (Å²) < 4.78 is 18.4. The van der Waals surface area contributed by atoms with Gasteiger partial charge in [0, 0.05) is 28.6 Å². The van der Waals surface area contributed by atoms with Gasteiger partial charge in [-0.25, -0.2) is 4.98 Å². The number of oxazole rings is 1. The van der Waals surface area contributed by atoms with Crippen LogP contribution in [0.4, 0.5) is 5.69 Å². The van der Waals surface area contributed by atoms with Crippen molar-refractivity contribution < 1.29 is 13.4 Å². The van der Waals surface area contributed by atoms with Gasteiger partial charge < -0.3 is 9.32 Å². The number of benzene rings is 2. The third-order valence-electron chi connectivity index (χ3n) is 4.91. The number of fused-ring (bicyclic) bond motifs is 1. The second-order valence-electron chi connectivity index (χ2n) is 6.89. The van der Waals surface area contributed by atoms with Gasteiger partial charge in [-0.15, -0.1) is 0 Å². The Morgan fingerprint density at radius 2 is 1.89 bits per heavy atom. The van der Waals surface area contributed by atoms with E-state index in [4.69, 9.17) is 4.42 Å². The first kappa shape index (κ1) is 18.6. The number of carbonyl (C=O) groups excluding carboxylic acids is 1. The van der Waals surface area contributed by atoms with Gasteiger partial charge in [-0.3, -0.25) is 9.00 Å². The first-order valence-electron chi connectivity index (χ1n) is 9.37. The number of amides is 1. The molecule has 1 amide bonds. The second kappa shape index (κ2) is 8.10. The van der Waals surface area contributed by atoms with Crippen LogP contribution in [0.5, 0.6) is 0 Å². The largest absolute Gasteiger partial charge is 0.441 e. The molecule has 2 aromatic carbocycles. The van der Waals surface area contributed by atoms with Crippen molar-refractivity contribution in [3.8, 4) is 11.5 Å². The molecule has 1 aliphatic heterocycles. The zero-order valence-corrected chi connectivity index (χ0v) is 16.6. The van der Waals surface area contributed by atoms with E-state index < -0.39 is 10.8 Å². The maximum atomic E-state index is 12.8. The molecule has 2 heterocycles. The van der Waals surface area contributed by atoms with Crippen molar-refractivity contribution in [2.24, 2.45) is 0 Å². The lowest BCUT2D eigenvalue weighted by atomic mass is 10.0. The molecule has 0 saturated carbocycles. The zero-order chi connectivity index (χ0) is 19.5. The molecule has 0 saturated heterocycles. The van der Waals surface area contributed by atoms with Crippen LogP contribution in [0.2, 0.25) is 0 Å². The molecule has 28 heavy (non-hydrogen) atoms. The number of hydrogen-bond acceptors (Lipinski definition) is 4. The Kier molecular flexibility index (Phi) is 5.39. The van der Waals surface area contributed by atoms with Crippen molar-refractivity contribution in [2.75, 3.05) is 17.2 Å². The van der Waals surface area contributed by atoms with E-state index in [-0.39, 0.29) is 17.4 Å². The molecule has 0 N–H and O–H groups in total. The lowest BCUT2D eigenvalue weighted by Gasteiger charge is -2.29. The highest BCUT2D eigenvalue weighted by Gasteiger charge is 2.24. The molecule has 0 fully saturated rings. The Morgan fingerprint density at radius 1 is 1.14 bits per heavy atom. The molecule has 0 aliphatic carbocycles. The van der Waals surface area contributed by atoms with Crippen molar-refractivity contribution in [1.29, 1.82) is 0 Å². The summed E-state index contributed by atoms with van der Waals surface area (Å²) in [5.41, 5.74) is 3.64. The number of para-hydroxylation sites is 1. The van der Waals surface area contributed by atoms with Gasteiger partial charge in [0.2, 0.25) is 11.8 Å². The maximum Gasteiger partial charge on any atom is 0.239 e. The summed E-state index contributed by atoms with van der Waals surface area (Å²) in [4.78, 5) is 19.0. The average Bonchev–Trinajstić information content (AvgIpc) is 3.08. The minimum Gasteiger partial charge on any atom is -0.441 e. The molecule has 1 unspecified atom stereocenters. The third-order valence-corrected chi connectivity index (χ3v) is 6.07. The molecule has 144 valence electrons. The Labute approximate surface area is 166 Å². The lowest BCUT2D eigenvalue weighted by molar-refractivity contribution is -0.116. The van der Waals surface area contributed by atoms with E-state index in [0.717, 1.165) is 24.1 Å². The fourth-order valence-corrected chi connectivity index (χ4v) is 4.58. The van der Waals surface area contributed by atoms with Crippen LogP contribution in [-0.4, -0.2) is 27.4 Å². The Bertz CT molecular complexity index is 1010. The third kappa shape index (κ3) is 3.92. The van der Waals surface area contributed by atoms with Crippen molar-refractivity contribution in [1.82, 2.24) is 4.98 Å². The summed E-state index contributed by atoms with van der Waals surface area (Å²) in [6.45, 7) is 2.49. The molecule has 5 nitrogen and oxygen atoms in total. The van der Waals surface area contributed by atoms with Crippen LogP contribution in [0.3, 0.4) is 0 Å². The molecule has 3 aromatic rings. The van der Waals surface area contributed by atoms with Crippen LogP contribution in [-0.2, 0) is 27.8 Å². The predicted octanol–water partition coefficient (Wildman–Crippen LogP) is 3.88. The minimum atomic E-state index is -1.35. The molecule has 0 bridgehead atoms. The number of aromatic nitrogens is 1. The quantitative estimate of drug-likeness (QED) is 0.659. The Hall–Kier alpha value is -2.73. The van der Waals surface area contributed by atoms with Gasteiger partial charge in [0.1, 0.15) is 11.5 Å². The first-order valence-corrected chi connectivity index (χ1v) is 10.9. The second-order valence-corrected chi connectivity index (χ2v) is 8.35. The number of nitrogens with zero attached hydrogens (tertiary/aromatic N) is 2. The number of anilines is 1. The molecule has 6 heteroatoms. The summed E-state index contributed by atoms with van der Waals surface area (Å²) in [5, 5.41) is 0. The zero-order valence-electron chi connectivity index (χ0n) is 15.8. The van der Waals surface area contributed by atoms with Gasteiger partial charge in [0.25, 0.3) is 0 Å². The van der Waals surface area contributed by atoms with Crippen molar-refractivity contribution >= 4 is 22.4 Å². The molecule has 1 atom stereocenters. The van der Waals surface area contributed by atoms with E-state index in [1.807, 2.05) is 55.5 Å². The lowest BCUT2D eigenvalue weighted by Crippen LogP contribution is -2.38. The molecule has 4 rings (SSSR count). The molecular formula is C22H22N2O3S. The van der Waals surface area contributed by atoms with Crippen LogP contribution < -0.4 is 4.90 Å². The van der Waals surface area contributed by atoms with Crippen LogP contribution in [0.1, 0.15) is 23.4 Å². The van der Waals surface area contributed by atoms with Crippen LogP contribution in [0.15, 0.2) is 59.0 Å². The Balaban J connectivity index is 1.44. The predicted molar refractivity (Wildman–Crippen MR) is 111 cm³/mol. The van der Waals surface area contributed by atoms with Gasteiger partial charge in [0.15, 0.2) is 0 Å². The highest BCUT2D eigenvalue weighted by Crippen LogP contribution is 2.27. The van der Waals surface area contributed by atoms with E-state index >= 15 is 0 Å². The molecule has 0 radical (unpaired) electrons. The highest BCUT2D eigenvalue weighted by molar-refractivity contribution is 7.84. The average molecular weight is 394 g/mol. The molecule has 1 aliphatic rings. The summed E-state index contributed by atoms with van der Waals surface area (Å²) in [6.07, 6.45) is 1.90. The Morgan fingerprint density at radius 3 is 2.71 bits per heavy atom. The maximum absolute atomic E-state index is 12.8.